The topological polar surface area (TPSA) is 65.0 Å². The molecule has 0 unspecified atom stereocenters. The Balaban J connectivity index is 0.000000199. The lowest BCUT2D eigenvalue weighted by Gasteiger charge is -2.05. The molecule has 3 aromatic carbocycles. The van der Waals surface area contributed by atoms with Gasteiger partial charge in [-0.05, 0) is 53.2 Å². The summed E-state index contributed by atoms with van der Waals surface area (Å²) >= 11 is 0. The zero-order valence-corrected chi connectivity index (χ0v) is 15.3. The number of nitrogens with one attached hydrogen (secondary N) is 3. The van der Waals surface area contributed by atoms with Crippen LogP contribution in [0.1, 0.15) is 11.1 Å². The van der Waals surface area contributed by atoms with Gasteiger partial charge in [0.2, 0.25) is 0 Å². The number of halogens is 1. The van der Waals surface area contributed by atoms with Crippen LogP contribution in [0.15, 0.2) is 60.7 Å². The van der Waals surface area contributed by atoms with Gasteiger partial charge in [-0.15, -0.1) is 0 Å². The van der Waals surface area contributed by atoms with Gasteiger partial charge >= 0.3 is 0 Å². The van der Waals surface area contributed by atoms with E-state index in [2.05, 4.69) is 10.6 Å². The van der Waals surface area contributed by atoms with E-state index in [1.807, 2.05) is 43.4 Å². The minimum absolute atomic E-state index is 0.200. The van der Waals surface area contributed by atoms with Crippen molar-refractivity contribution >= 4 is 29.0 Å². The Morgan fingerprint density at radius 1 is 0.963 bits per heavy atom. The normalized spacial score (nSPS) is 10.0. The Morgan fingerprint density at radius 3 is 2.30 bits per heavy atom. The highest BCUT2D eigenvalue weighted by molar-refractivity contribution is 6.00. The highest BCUT2D eigenvalue weighted by Gasteiger charge is 2.03. The third kappa shape index (κ3) is 6.01. The van der Waals surface area contributed by atoms with E-state index in [-0.39, 0.29) is 5.82 Å². The van der Waals surface area contributed by atoms with Crippen molar-refractivity contribution in [3.63, 3.8) is 0 Å². The molecule has 0 aliphatic rings. The molecule has 0 bridgehead atoms. The summed E-state index contributed by atoms with van der Waals surface area (Å²) in [7, 11) is 1.90. The van der Waals surface area contributed by atoms with Crippen LogP contribution in [0.2, 0.25) is 0 Å². The minimum atomic E-state index is -0.200. The van der Waals surface area contributed by atoms with E-state index in [4.69, 9.17) is 5.41 Å². The van der Waals surface area contributed by atoms with E-state index < -0.39 is 0 Å². The molecule has 5 heteroatoms. The first-order chi connectivity index (χ1) is 13.2. The van der Waals surface area contributed by atoms with Crippen molar-refractivity contribution < 1.29 is 9.18 Å². The fourth-order valence-electron chi connectivity index (χ4n) is 2.68. The Bertz CT molecular complexity index is 878. The number of anilines is 1. The quantitative estimate of drug-likeness (QED) is 0.336. The summed E-state index contributed by atoms with van der Waals surface area (Å²) in [4.78, 5) is 10.5. The van der Waals surface area contributed by atoms with Gasteiger partial charge in [0.05, 0.1) is 0 Å². The average molecular weight is 365 g/mol. The molecule has 0 aliphatic heterocycles. The van der Waals surface area contributed by atoms with Crippen LogP contribution in [0.4, 0.5) is 10.1 Å². The zero-order chi connectivity index (χ0) is 19.5. The van der Waals surface area contributed by atoms with Gasteiger partial charge in [-0.25, -0.2) is 4.39 Å². The van der Waals surface area contributed by atoms with Gasteiger partial charge in [0.25, 0.3) is 0 Å². The highest BCUT2D eigenvalue weighted by Crippen LogP contribution is 2.21. The van der Waals surface area contributed by atoms with Crippen LogP contribution in [-0.4, -0.2) is 32.6 Å². The molecule has 0 aromatic heterocycles. The SMILES string of the molecule is CNCCNc1ccc(F)cc1.N=Cc1ccc(CC=O)c2ccccc12. The molecule has 0 spiro atoms. The molecule has 140 valence electrons. The smallest absolute Gasteiger partial charge is 0.124 e. The van der Waals surface area contributed by atoms with Gasteiger partial charge in [0.15, 0.2) is 0 Å². The van der Waals surface area contributed by atoms with Gasteiger partial charge in [0.1, 0.15) is 12.1 Å². The average Bonchev–Trinajstić information content (AvgIpc) is 2.71. The van der Waals surface area contributed by atoms with Gasteiger partial charge < -0.3 is 20.8 Å². The number of carbonyl (C=O) groups excluding carboxylic acids is 1. The lowest BCUT2D eigenvalue weighted by molar-refractivity contribution is -0.107. The van der Waals surface area contributed by atoms with Crippen LogP contribution in [0, 0.1) is 11.2 Å². The Morgan fingerprint density at radius 2 is 1.67 bits per heavy atom. The highest BCUT2D eigenvalue weighted by atomic mass is 19.1. The largest absolute Gasteiger partial charge is 0.384 e. The van der Waals surface area contributed by atoms with Crippen molar-refractivity contribution in [3.8, 4) is 0 Å². The number of fused-ring (bicyclic) bond motifs is 1. The third-order valence-electron chi connectivity index (χ3n) is 4.06. The number of rotatable bonds is 7. The Kier molecular flexibility index (Phi) is 8.13. The van der Waals surface area contributed by atoms with Crippen molar-refractivity contribution in [1.29, 1.82) is 5.41 Å². The van der Waals surface area contributed by atoms with Gasteiger partial charge in [-0.2, -0.15) is 0 Å². The van der Waals surface area contributed by atoms with Crippen molar-refractivity contribution in [2.24, 2.45) is 0 Å². The molecule has 3 N–H and O–H groups in total. The van der Waals surface area contributed by atoms with Crippen LogP contribution < -0.4 is 10.6 Å². The predicted octanol–water partition coefficient (Wildman–Crippen LogP) is 4.04. The molecule has 0 atom stereocenters. The summed E-state index contributed by atoms with van der Waals surface area (Å²) < 4.78 is 12.4. The van der Waals surface area contributed by atoms with Crippen molar-refractivity contribution in [1.82, 2.24) is 5.32 Å². The van der Waals surface area contributed by atoms with E-state index in [9.17, 15) is 9.18 Å². The second-order valence-corrected chi connectivity index (χ2v) is 5.91. The number of aldehydes is 1. The van der Waals surface area contributed by atoms with Crippen molar-refractivity contribution in [2.45, 2.75) is 6.42 Å². The number of likely N-dealkylation sites (N-methyl/N-ethyl adjacent to an activating group) is 1. The number of carbonyl (C=O) groups is 1. The molecule has 0 amide bonds. The number of hydrogen-bond donors (Lipinski definition) is 3. The molecule has 0 heterocycles. The van der Waals surface area contributed by atoms with Gasteiger partial charge in [-0.1, -0.05) is 36.4 Å². The predicted molar refractivity (Wildman–Crippen MR) is 110 cm³/mol. The maximum absolute atomic E-state index is 12.4. The van der Waals surface area contributed by atoms with Gasteiger partial charge in [-0.3, -0.25) is 0 Å². The first kappa shape index (κ1) is 20.3. The van der Waals surface area contributed by atoms with E-state index in [0.29, 0.717) is 6.42 Å². The summed E-state index contributed by atoms with van der Waals surface area (Å²) in [5.41, 5.74) is 2.86. The molecule has 0 aliphatic carbocycles. The molecule has 0 fully saturated rings. The maximum Gasteiger partial charge on any atom is 0.124 e. The van der Waals surface area contributed by atoms with E-state index in [0.717, 1.165) is 47.0 Å². The second kappa shape index (κ2) is 10.8. The molecule has 27 heavy (non-hydrogen) atoms. The summed E-state index contributed by atoms with van der Waals surface area (Å²) in [6.07, 6.45) is 2.68. The first-order valence-corrected chi connectivity index (χ1v) is 8.78. The Hall–Kier alpha value is -3.05. The van der Waals surface area contributed by atoms with Crippen LogP contribution >= 0.6 is 0 Å². The molecule has 4 nitrogen and oxygen atoms in total. The summed E-state index contributed by atoms with van der Waals surface area (Å²) in [6.45, 7) is 1.75. The lowest BCUT2D eigenvalue weighted by Crippen LogP contribution is -2.17. The van der Waals surface area contributed by atoms with Crippen molar-refractivity contribution in [2.75, 3.05) is 25.5 Å². The summed E-state index contributed by atoms with van der Waals surface area (Å²) in [5.74, 6) is -0.200. The molecule has 0 radical (unpaired) electrons. The van der Waals surface area contributed by atoms with Crippen LogP contribution in [-0.2, 0) is 11.2 Å². The standard InChI is InChI=1S/C13H11NO.C9H13FN2/c14-9-11-6-5-10(7-8-15)12-3-1-2-4-13(11)12;1-11-6-7-12-9-4-2-8(10)3-5-9/h1-6,8-9,14H,7H2;2-5,11-12H,6-7H2,1H3. The molecule has 3 rings (SSSR count). The summed E-state index contributed by atoms with van der Waals surface area (Å²) in [5, 5.41) is 15.6. The van der Waals surface area contributed by atoms with Crippen LogP contribution in [0.5, 0.6) is 0 Å². The van der Waals surface area contributed by atoms with E-state index in [1.165, 1.54) is 18.3 Å². The number of hydrogen-bond acceptors (Lipinski definition) is 4. The van der Waals surface area contributed by atoms with E-state index >= 15 is 0 Å². The Labute approximate surface area is 158 Å². The van der Waals surface area contributed by atoms with Gasteiger partial charge in [0, 0.05) is 31.4 Å². The fourth-order valence-corrected chi connectivity index (χ4v) is 2.68. The zero-order valence-electron chi connectivity index (χ0n) is 15.3. The molecular formula is C22H24FN3O. The fraction of sp³-hybridized carbons (Fsp3) is 0.182. The second-order valence-electron chi connectivity index (χ2n) is 5.91. The molecule has 3 aromatic rings. The monoisotopic (exact) mass is 365 g/mol. The molecule has 0 saturated heterocycles. The summed E-state index contributed by atoms with van der Waals surface area (Å²) in [6, 6.07) is 18.0. The van der Waals surface area contributed by atoms with E-state index in [1.54, 1.807) is 12.1 Å². The van der Waals surface area contributed by atoms with Crippen molar-refractivity contribution in [3.05, 3.63) is 77.6 Å². The third-order valence-corrected chi connectivity index (χ3v) is 4.06. The molecule has 0 saturated carbocycles. The minimum Gasteiger partial charge on any atom is -0.384 e. The number of benzene rings is 3. The first-order valence-electron chi connectivity index (χ1n) is 8.78. The van der Waals surface area contributed by atoms with Crippen LogP contribution in [0.3, 0.4) is 0 Å². The van der Waals surface area contributed by atoms with Crippen LogP contribution in [0.25, 0.3) is 10.8 Å². The lowest BCUT2D eigenvalue weighted by atomic mass is 9.99. The molecular weight excluding hydrogens is 341 g/mol. The maximum atomic E-state index is 12.4.